The summed E-state index contributed by atoms with van der Waals surface area (Å²) in [7, 11) is 0. The number of anilines is 1. The fourth-order valence-corrected chi connectivity index (χ4v) is 2.87. The summed E-state index contributed by atoms with van der Waals surface area (Å²) in [6, 6.07) is 7.92. The zero-order valence-corrected chi connectivity index (χ0v) is 10.4. The maximum Gasteiger partial charge on any atom is 0.237 e. The molecule has 5 nitrogen and oxygen atoms in total. The number of rotatable bonds is 2. The van der Waals surface area contributed by atoms with Gasteiger partial charge >= 0.3 is 0 Å². The number of thioether (sulfide) groups is 1. The minimum absolute atomic E-state index is 0.0290. The van der Waals surface area contributed by atoms with Crippen molar-refractivity contribution in [1.82, 2.24) is 15.2 Å². The summed E-state index contributed by atoms with van der Waals surface area (Å²) in [6.07, 6.45) is 3.14. The lowest BCUT2D eigenvalue weighted by atomic mass is 10.1. The van der Waals surface area contributed by atoms with Gasteiger partial charge in [0.05, 0.1) is 5.25 Å². The topological polar surface area (TPSA) is 70.7 Å². The Morgan fingerprint density at radius 2 is 2.22 bits per heavy atom. The monoisotopic (exact) mass is 260 g/mol. The van der Waals surface area contributed by atoms with Crippen LogP contribution >= 0.6 is 11.8 Å². The van der Waals surface area contributed by atoms with E-state index in [4.69, 9.17) is 0 Å². The molecule has 1 amide bonds. The zero-order chi connectivity index (χ0) is 12.4. The summed E-state index contributed by atoms with van der Waals surface area (Å²) in [5.74, 6) is 0.0290. The number of fused-ring (bicyclic) bond motifs is 1. The second-order valence-corrected chi connectivity index (χ2v) is 5.27. The van der Waals surface area contributed by atoms with Gasteiger partial charge in [0.15, 0.2) is 5.16 Å². The highest BCUT2D eigenvalue weighted by Gasteiger charge is 2.25. The molecule has 18 heavy (non-hydrogen) atoms. The van der Waals surface area contributed by atoms with E-state index in [1.54, 1.807) is 0 Å². The molecular formula is C12H12N4OS. The van der Waals surface area contributed by atoms with Crippen LogP contribution in [0.1, 0.15) is 12.0 Å². The number of benzene rings is 1. The van der Waals surface area contributed by atoms with Gasteiger partial charge in [0.25, 0.3) is 0 Å². The van der Waals surface area contributed by atoms with Gasteiger partial charge in [0.2, 0.25) is 5.91 Å². The SMILES string of the molecule is O=C1Nc2ccccc2CCC1Sc1ncn[nH]1. The fraction of sp³-hybridized carbons (Fsp3) is 0.250. The van der Waals surface area contributed by atoms with Crippen LogP contribution in [-0.4, -0.2) is 26.3 Å². The van der Waals surface area contributed by atoms with Crippen molar-refractivity contribution in [3.8, 4) is 0 Å². The molecule has 0 bridgehead atoms. The van der Waals surface area contributed by atoms with Crippen LogP contribution in [-0.2, 0) is 11.2 Å². The predicted molar refractivity (Wildman–Crippen MR) is 69.4 cm³/mol. The van der Waals surface area contributed by atoms with Crippen molar-refractivity contribution in [2.24, 2.45) is 0 Å². The highest BCUT2D eigenvalue weighted by Crippen LogP contribution is 2.29. The normalized spacial score (nSPS) is 18.9. The molecule has 92 valence electrons. The maximum atomic E-state index is 12.1. The quantitative estimate of drug-likeness (QED) is 0.864. The van der Waals surface area contributed by atoms with Gasteiger partial charge in [-0.15, -0.1) is 0 Å². The molecule has 2 heterocycles. The highest BCUT2D eigenvalue weighted by molar-refractivity contribution is 8.00. The van der Waals surface area contributed by atoms with E-state index >= 15 is 0 Å². The third kappa shape index (κ3) is 2.24. The minimum atomic E-state index is -0.134. The summed E-state index contributed by atoms with van der Waals surface area (Å²) in [4.78, 5) is 16.2. The fourth-order valence-electron chi connectivity index (χ4n) is 1.99. The largest absolute Gasteiger partial charge is 0.325 e. The van der Waals surface area contributed by atoms with Crippen LogP contribution in [0.5, 0.6) is 0 Å². The number of carbonyl (C=O) groups excluding carboxylic acids is 1. The van der Waals surface area contributed by atoms with Gasteiger partial charge in [-0.2, -0.15) is 5.10 Å². The van der Waals surface area contributed by atoms with Gasteiger partial charge in [0.1, 0.15) is 6.33 Å². The number of H-pyrrole nitrogens is 1. The van der Waals surface area contributed by atoms with Crippen molar-refractivity contribution < 1.29 is 4.79 Å². The lowest BCUT2D eigenvalue weighted by Crippen LogP contribution is -2.23. The van der Waals surface area contributed by atoms with Crippen LogP contribution in [0, 0.1) is 0 Å². The molecule has 2 N–H and O–H groups in total. The molecule has 1 aliphatic rings. The number of aryl methyl sites for hydroxylation is 1. The van der Waals surface area contributed by atoms with E-state index < -0.39 is 0 Å². The molecule has 0 fully saturated rings. The lowest BCUT2D eigenvalue weighted by molar-refractivity contribution is -0.115. The zero-order valence-electron chi connectivity index (χ0n) is 9.59. The molecule has 0 radical (unpaired) electrons. The van der Waals surface area contributed by atoms with E-state index in [0.717, 1.165) is 18.5 Å². The number of nitrogens with zero attached hydrogens (tertiary/aromatic N) is 2. The number of nitrogens with one attached hydrogen (secondary N) is 2. The van der Waals surface area contributed by atoms with E-state index in [0.29, 0.717) is 5.16 Å². The molecule has 1 aliphatic heterocycles. The van der Waals surface area contributed by atoms with E-state index in [9.17, 15) is 4.79 Å². The van der Waals surface area contributed by atoms with Crippen molar-refractivity contribution in [2.45, 2.75) is 23.2 Å². The molecular weight excluding hydrogens is 248 g/mol. The molecule has 0 saturated heterocycles. The minimum Gasteiger partial charge on any atom is -0.325 e. The molecule has 2 aromatic rings. The lowest BCUT2D eigenvalue weighted by Gasteiger charge is -2.10. The number of aromatic nitrogens is 3. The number of amides is 1. The second kappa shape index (κ2) is 4.81. The first-order valence-corrected chi connectivity index (χ1v) is 6.62. The Balaban J connectivity index is 1.78. The summed E-state index contributed by atoms with van der Waals surface area (Å²) in [5.41, 5.74) is 2.11. The third-order valence-corrected chi connectivity index (χ3v) is 4.04. The molecule has 1 aromatic carbocycles. The Labute approximate surface area is 108 Å². The average Bonchev–Trinajstić information content (AvgIpc) is 2.83. The Bertz CT molecular complexity index is 555. The summed E-state index contributed by atoms with van der Waals surface area (Å²) in [5, 5.41) is 10.1. The number of carbonyl (C=O) groups is 1. The van der Waals surface area contributed by atoms with Crippen LogP contribution in [0.2, 0.25) is 0 Å². The van der Waals surface area contributed by atoms with Gasteiger partial charge in [-0.3, -0.25) is 9.89 Å². The summed E-state index contributed by atoms with van der Waals surface area (Å²) < 4.78 is 0. The van der Waals surface area contributed by atoms with Crippen LogP contribution in [0.4, 0.5) is 5.69 Å². The first-order valence-electron chi connectivity index (χ1n) is 5.74. The molecule has 1 unspecified atom stereocenters. The van der Waals surface area contributed by atoms with Crippen LogP contribution in [0.25, 0.3) is 0 Å². The number of hydrogen-bond acceptors (Lipinski definition) is 4. The number of aromatic amines is 1. The molecule has 0 aliphatic carbocycles. The van der Waals surface area contributed by atoms with Crippen LogP contribution in [0.15, 0.2) is 35.7 Å². The standard InChI is InChI=1S/C12H12N4OS/c17-11-10(18-12-13-7-14-16-12)6-5-8-3-1-2-4-9(8)15-11/h1-4,7,10H,5-6H2,(H,15,17)(H,13,14,16). The summed E-state index contributed by atoms with van der Waals surface area (Å²) >= 11 is 1.42. The van der Waals surface area contributed by atoms with Crippen LogP contribution in [0.3, 0.4) is 0 Å². The summed E-state index contributed by atoms with van der Waals surface area (Å²) in [6.45, 7) is 0. The molecule has 6 heteroatoms. The van der Waals surface area contributed by atoms with Crippen molar-refractivity contribution in [2.75, 3.05) is 5.32 Å². The molecule has 0 spiro atoms. The van der Waals surface area contributed by atoms with Gasteiger partial charge in [-0.25, -0.2) is 4.98 Å². The molecule has 1 atom stereocenters. The molecule has 3 rings (SSSR count). The average molecular weight is 260 g/mol. The van der Waals surface area contributed by atoms with Crippen molar-refractivity contribution in [3.05, 3.63) is 36.2 Å². The predicted octanol–water partition coefficient (Wildman–Crippen LogP) is 1.85. The first-order chi connectivity index (χ1) is 8.83. The second-order valence-electron chi connectivity index (χ2n) is 4.08. The van der Waals surface area contributed by atoms with Gasteiger partial charge in [0, 0.05) is 5.69 Å². The van der Waals surface area contributed by atoms with Crippen molar-refractivity contribution >= 4 is 23.4 Å². The molecule has 0 saturated carbocycles. The van der Waals surface area contributed by atoms with E-state index in [1.807, 2.05) is 18.2 Å². The Hall–Kier alpha value is -1.82. The number of hydrogen-bond donors (Lipinski definition) is 2. The Morgan fingerprint density at radius 3 is 3.06 bits per heavy atom. The van der Waals surface area contributed by atoms with Crippen LogP contribution < -0.4 is 5.32 Å². The van der Waals surface area contributed by atoms with E-state index in [2.05, 4.69) is 26.6 Å². The molecule has 1 aromatic heterocycles. The Kier molecular flexibility index (Phi) is 3.02. The smallest absolute Gasteiger partial charge is 0.237 e. The first kappa shape index (κ1) is 11.3. The van der Waals surface area contributed by atoms with Gasteiger partial charge in [-0.1, -0.05) is 30.0 Å². The van der Waals surface area contributed by atoms with Gasteiger partial charge < -0.3 is 5.32 Å². The number of para-hydroxylation sites is 1. The van der Waals surface area contributed by atoms with Gasteiger partial charge in [-0.05, 0) is 24.5 Å². The Morgan fingerprint density at radius 1 is 1.33 bits per heavy atom. The third-order valence-electron chi connectivity index (χ3n) is 2.89. The maximum absolute atomic E-state index is 12.1. The van der Waals surface area contributed by atoms with E-state index in [-0.39, 0.29) is 11.2 Å². The van der Waals surface area contributed by atoms with Crippen molar-refractivity contribution in [3.63, 3.8) is 0 Å². The van der Waals surface area contributed by atoms with E-state index in [1.165, 1.54) is 23.7 Å². The highest BCUT2D eigenvalue weighted by atomic mass is 32.2. The van der Waals surface area contributed by atoms with Crippen molar-refractivity contribution in [1.29, 1.82) is 0 Å².